The minimum atomic E-state index is 1.16. The van der Waals surface area contributed by atoms with Crippen molar-refractivity contribution in [2.75, 3.05) is 0 Å². The van der Waals surface area contributed by atoms with Gasteiger partial charge in [0.05, 0.1) is 0 Å². The highest BCUT2D eigenvalue weighted by atomic mass is 32.1. The van der Waals surface area contributed by atoms with Crippen molar-refractivity contribution in [3.8, 4) is 0 Å². The van der Waals surface area contributed by atoms with Crippen LogP contribution in [-0.2, 0) is 6.42 Å². The van der Waals surface area contributed by atoms with Gasteiger partial charge in [0.2, 0.25) is 0 Å². The van der Waals surface area contributed by atoms with Gasteiger partial charge in [0.25, 0.3) is 0 Å². The molecule has 1 aromatic rings. The van der Waals surface area contributed by atoms with E-state index >= 15 is 0 Å². The van der Waals surface area contributed by atoms with Gasteiger partial charge in [0.15, 0.2) is 0 Å². The van der Waals surface area contributed by atoms with Crippen LogP contribution in [0.3, 0.4) is 0 Å². The van der Waals surface area contributed by atoms with E-state index < -0.39 is 0 Å². The summed E-state index contributed by atoms with van der Waals surface area (Å²) in [6.45, 7) is 2.21. The van der Waals surface area contributed by atoms with Crippen LogP contribution in [0.4, 0.5) is 0 Å². The zero-order valence-electron chi connectivity index (χ0n) is 6.34. The highest BCUT2D eigenvalue weighted by Crippen LogP contribution is 2.11. The second-order valence-corrected chi connectivity index (χ2v) is 3.39. The molecule has 1 heteroatoms. The SMILES string of the molecule is CCC[CH]Cc1cccs1. The lowest BCUT2D eigenvalue weighted by molar-refractivity contribution is 0.869. The fourth-order valence-corrected chi connectivity index (χ4v) is 1.58. The van der Waals surface area contributed by atoms with Gasteiger partial charge in [-0.3, -0.25) is 0 Å². The summed E-state index contributed by atoms with van der Waals surface area (Å²) < 4.78 is 0. The van der Waals surface area contributed by atoms with Crippen LogP contribution < -0.4 is 0 Å². The summed E-state index contributed by atoms with van der Waals surface area (Å²) in [6, 6.07) is 4.30. The zero-order chi connectivity index (χ0) is 7.23. The van der Waals surface area contributed by atoms with Gasteiger partial charge < -0.3 is 0 Å². The van der Waals surface area contributed by atoms with Crippen molar-refractivity contribution < 1.29 is 0 Å². The minimum absolute atomic E-state index is 1.16. The lowest BCUT2D eigenvalue weighted by Gasteiger charge is -1.93. The first kappa shape index (κ1) is 7.80. The first-order valence-electron chi connectivity index (χ1n) is 3.77. The van der Waals surface area contributed by atoms with Crippen molar-refractivity contribution in [3.05, 3.63) is 28.8 Å². The standard InChI is InChI=1S/C9H13S/c1-2-3-4-6-9-7-5-8-10-9/h4-5,7-8H,2-3,6H2,1H3. The van der Waals surface area contributed by atoms with E-state index in [9.17, 15) is 0 Å². The Labute approximate surface area is 66.9 Å². The smallest absolute Gasteiger partial charge is 0.00480 e. The summed E-state index contributed by atoms with van der Waals surface area (Å²) in [7, 11) is 0. The Morgan fingerprint density at radius 3 is 3.10 bits per heavy atom. The summed E-state index contributed by atoms with van der Waals surface area (Å²) in [4.78, 5) is 1.48. The first-order valence-corrected chi connectivity index (χ1v) is 4.65. The summed E-state index contributed by atoms with van der Waals surface area (Å²) in [5.41, 5.74) is 0. The van der Waals surface area contributed by atoms with Crippen LogP contribution in [-0.4, -0.2) is 0 Å². The number of rotatable bonds is 4. The van der Waals surface area contributed by atoms with Gasteiger partial charge >= 0.3 is 0 Å². The van der Waals surface area contributed by atoms with Crippen LogP contribution in [0.2, 0.25) is 0 Å². The first-order chi connectivity index (χ1) is 4.93. The summed E-state index contributed by atoms with van der Waals surface area (Å²) >= 11 is 1.84. The molecule has 0 amide bonds. The van der Waals surface area contributed by atoms with Crippen LogP contribution in [0.5, 0.6) is 0 Å². The quantitative estimate of drug-likeness (QED) is 0.582. The summed E-state index contributed by atoms with van der Waals surface area (Å²) in [5.74, 6) is 0. The van der Waals surface area contributed by atoms with Gasteiger partial charge in [-0.25, -0.2) is 0 Å². The average molecular weight is 153 g/mol. The van der Waals surface area contributed by atoms with Gasteiger partial charge in [0, 0.05) is 4.88 Å². The molecule has 10 heavy (non-hydrogen) atoms. The van der Waals surface area contributed by atoms with Crippen LogP contribution in [0.25, 0.3) is 0 Å². The molecule has 0 N–H and O–H groups in total. The number of thiophene rings is 1. The van der Waals surface area contributed by atoms with E-state index in [0.29, 0.717) is 0 Å². The Bertz CT molecular complexity index is 153. The Balaban J connectivity index is 2.15. The normalized spacial score (nSPS) is 10.1. The average Bonchev–Trinajstić information content (AvgIpc) is 2.41. The molecule has 0 saturated heterocycles. The van der Waals surface area contributed by atoms with Crippen LogP contribution in [0.15, 0.2) is 17.5 Å². The second kappa shape index (κ2) is 4.51. The molecule has 1 heterocycles. The molecule has 0 spiro atoms. The van der Waals surface area contributed by atoms with E-state index in [-0.39, 0.29) is 0 Å². The van der Waals surface area contributed by atoms with Crippen LogP contribution >= 0.6 is 11.3 Å². The Kier molecular flexibility index (Phi) is 3.52. The van der Waals surface area contributed by atoms with Gasteiger partial charge in [-0.15, -0.1) is 11.3 Å². The highest BCUT2D eigenvalue weighted by Gasteiger charge is 1.91. The van der Waals surface area contributed by atoms with Crippen molar-refractivity contribution >= 4 is 11.3 Å². The molecule has 0 nitrogen and oxygen atoms in total. The predicted octanol–water partition coefficient (Wildman–Crippen LogP) is 3.29. The van der Waals surface area contributed by atoms with Gasteiger partial charge in [-0.1, -0.05) is 25.8 Å². The molecular weight excluding hydrogens is 140 g/mol. The topological polar surface area (TPSA) is 0 Å². The van der Waals surface area contributed by atoms with Crippen molar-refractivity contribution in [1.82, 2.24) is 0 Å². The molecule has 1 radical (unpaired) electrons. The second-order valence-electron chi connectivity index (χ2n) is 2.36. The summed E-state index contributed by atoms with van der Waals surface area (Å²) in [5, 5.41) is 2.13. The van der Waals surface area contributed by atoms with Gasteiger partial charge in [0.1, 0.15) is 0 Å². The lowest BCUT2D eigenvalue weighted by Crippen LogP contribution is -1.80. The third-order valence-corrected chi connectivity index (χ3v) is 2.32. The molecule has 0 bridgehead atoms. The largest absolute Gasteiger partial charge is 0.149 e. The fourth-order valence-electron chi connectivity index (χ4n) is 0.877. The Hall–Kier alpha value is -0.300. The number of hydrogen-bond donors (Lipinski definition) is 0. The predicted molar refractivity (Wildman–Crippen MR) is 47.2 cm³/mol. The lowest BCUT2D eigenvalue weighted by atomic mass is 10.2. The van der Waals surface area contributed by atoms with E-state index in [1.165, 1.54) is 17.7 Å². The van der Waals surface area contributed by atoms with Crippen LogP contribution in [0, 0.1) is 6.42 Å². The molecule has 0 aromatic carbocycles. The maximum Gasteiger partial charge on any atom is 0.00480 e. The fraction of sp³-hybridized carbons (Fsp3) is 0.444. The molecule has 1 aromatic heterocycles. The van der Waals surface area contributed by atoms with Crippen molar-refractivity contribution in [3.63, 3.8) is 0 Å². The maximum absolute atomic E-state index is 2.35. The molecule has 0 aliphatic heterocycles. The van der Waals surface area contributed by atoms with E-state index in [2.05, 4.69) is 30.9 Å². The third-order valence-electron chi connectivity index (χ3n) is 1.42. The molecule has 0 unspecified atom stereocenters. The molecular formula is C9H13S. The minimum Gasteiger partial charge on any atom is -0.149 e. The Morgan fingerprint density at radius 1 is 1.60 bits per heavy atom. The highest BCUT2D eigenvalue weighted by molar-refractivity contribution is 7.09. The van der Waals surface area contributed by atoms with E-state index in [1.54, 1.807) is 0 Å². The molecule has 0 saturated carbocycles. The monoisotopic (exact) mass is 153 g/mol. The third kappa shape index (κ3) is 2.53. The number of unbranched alkanes of at least 4 members (excludes halogenated alkanes) is 2. The molecule has 0 fully saturated rings. The molecule has 0 atom stereocenters. The Morgan fingerprint density at radius 2 is 2.50 bits per heavy atom. The van der Waals surface area contributed by atoms with E-state index in [0.717, 1.165) is 6.42 Å². The van der Waals surface area contributed by atoms with Crippen molar-refractivity contribution in [1.29, 1.82) is 0 Å². The zero-order valence-corrected chi connectivity index (χ0v) is 7.16. The van der Waals surface area contributed by atoms with Gasteiger partial charge in [-0.05, 0) is 24.3 Å². The molecule has 1 rings (SSSR count). The molecule has 0 aliphatic rings. The van der Waals surface area contributed by atoms with E-state index in [1.807, 2.05) is 11.3 Å². The van der Waals surface area contributed by atoms with Gasteiger partial charge in [-0.2, -0.15) is 0 Å². The maximum atomic E-state index is 2.35. The van der Waals surface area contributed by atoms with E-state index in [4.69, 9.17) is 0 Å². The molecule has 0 aliphatic carbocycles. The molecule has 55 valence electrons. The van der Waals surface area contributed by atoms with Crippen molar-refractivity contribution in [2.45, 2.75) is 26.2 Å². The summed E-state index contributed by atoms with van der Waals surface area (Å²) in [6.07, 6.45) is 6.03. The van der Waals surface area contributed by atoms with Crippen molar-refractivity contribution in [2.24, 2.45) is 0 Å². The number of hydrogen-bond acceptors (Lipinski definition) is 1. The van der Waals surface area contributed by atoms with Crippen LogP contribution in [0.1, 0.15) is 24.6 Å².